The van der Waals surface area contributed by atoms with E-state index < -0.39 is 5.54 Å². The van der Waals surface area contributed by atoms with Gasteiger partial charge in [-0.2, -0.15) is 0 Å². The molecule has 0 bridgehead atoms. The Morgan fingerprint density at radius 3 is 2.79 bits per heavy atom. The predicted octanol–water partition coefficient (Wildman–Crippen LogP) is 0.358. The maximum Gasteiger partial charge on any atom is 0.242 e. The number of amides is 1. The summed E-state index contributed by atoms with van der Waals surface area (Å²) in [5, 5.41) is 3.27. The van der Waals surface area contributed by atoms with E-state index in [0.717, 1.165) is 37.3 Å². The lowest BCUT2D eigenvalue weighted by molar-refractivity contribution is -0.131. The molecule has 0 saturated carbocycles. The van der Waals surface area contributed by atoms with Gasteiger partial charge in [0.1, 0.15) is 11.4 Å². The number of hydrogen-bond donors (Lipinski definition) is 2. The van der Waals surface area contributed by atoms with Crippen molar-refractivity contribution in [2.24, 2.45) is 5.73 Å². The highest BCUT2D eigenvalue weighted by atomic mass is 19.1. The number of nitrogens with zero attached hydrogens (tertiary/aromatic N) is 1. The van der Waals surface area contributed by atoms with Crippen molar-refractivity contribution in [2.75, 3.05) is 26.2 Å². The number of halogens is 1. The van der Waals surface area contributed by atoms with Crippen molar-refractivity contribution >= 4 is 5.91 Å². The lowest BCUT2D eigenvalue weighted by Crippen LogP contribution is -2.59. The highest BCUT2D eigenvalue weighted by molar-refractivity contribution is 5.87. The summed E-state index contributed by atoms with van der Waals surface area (Å²) in [5.41, 5.74) is 6.78. The third-order valence-corrected chi connectivity index (χ3v) is 4.33. The minimum absolute atomic E-state index is 0.251. The van der Waals surface area contributed by atoms with E-state index in [1.807, 2.05) is 0 Å². The number of nitrogens with two attached hydrogens (primary N) is 1. The molecule has 0 spiro atoms. The fraction of sp³-hybridized carbons (Fsp3) is 0.500. The Hall–Kier alpha value is -1.46. The Balaban J connectivity index is 2.06. The van der Waals surface area contributed by atoms with Crippen molar-refractivity contribution in [2.45, 2.75) is 18.4 Å². The molecule has 5 heteroatoms. The molecule has 1 atom stereocenters. The Morgan fingerprint density at radius 1 is 1.37 bits per heavy atom. The van der Waals surface area contributed by atoms with Crippen LogP contribution >= 0.6 is 0 Å². The molecule has 4 nitrogen and oxygen atoms in total. The van der Waals surface area contributed by atoms with Crippen LogP contribution in [0, 0.1) is 5.82 Å². The first-order chi connectivity index (χ1) is 9.14. The van der Waals surface area contributed by atoms with Gasteiger partial charge in [0, 0.05) is 26.2 Å². The average molecular weight is 263 g/mol. The minimum Gasteiger partial charge on any atom is -0.368 e. The van der Waals surface area contributed by atoms with Gasteiger partial charge >= 0.3 is 0 Å². The molecule has 1 aliphatic carbocycles. The summed E-state index contributed by atoms with van der Waals surface area (Å²) >= 11 is 0. The van der Waals surface area contributed by atoms with Crippen molar-refractivity contribution in [1.29, 1.82) is 0 Å². The molecule has 1 heterocycles. The zero-order valence-corrected chi connectivity index (χ0v) is 10.8. The summed E-state index contributed by atoms with van der Waals surface area (Å²) in [6, 6.07) is 4.68. The van der Waals surface area contributed by atoms with Gasteiger partial charge in [0.25, 0.3) is 0 Å². The molecule has 1 aliphatic heterocycles. The van der Waals surface area contributed by atoms with Gasteiger partial charge in [-0.1, -0.05) is 6.07 Å². The largest absolute Gasteiger partial charge is 0.368 e. The first-order valence-corrected chi connectivity index (χ1v) is 6.69. The van der Waals surface area contributed by atoms with Crippen LogP contribution in [-0.4, -0.2) is 37.0 Å². The topological polar surface area (TPSA) is 58.4 Å². The number of benzene rings is 1. The zero-order chi connectivity index (χ0) is 13.5. The minimum atomic E-state index is -0.745. The van der Waals surface area contributed by atoms with E-state index in [9.17, 15) is 9.18 Å². The van der Waals surface area contributed by atoms with Crippen molar-refractivity contribution in [3.63, 3.8) is 0 Å². The Kier molecular flexibility index (Phi) is 3.03. The molecule has 2 aliphatic rings. The van der Waals surface area contributed by atoms with Gasteiger partial charge in [0.15, 0.2) is 0 Å². The van der Waals surface area contributed by atoms with E-state index >= 15 is 0 Å². The molecule has 19 heavy (non-hydrogen) atoms. The Labute approximate surface area is 111 Å². The van der Waals surface area contributed by atoms with E-state index in [0.29, 0.717) is 12.8 Å². The quantitative estimate of drug-likeness (QED) is 0.810. The number of aryl methyl sites for hydroxylation is 1. The van der Waals surface area contributed by atoms with E-state index in [-0.39, 0.29) is 11.7 Å². The molecule has 1 unspecified atom stereocenters. The van der Waals surface area contributed by atoms with Gasteiger partial charge in [-0.3, -0.25) is 9.69 Å². The second-order valence-electron chi connectivity index (χ2n) is 5.26. The second-order valence-corrected chi connectivity index (χ2v) is 5.26. The number of carbonyl (C=O) groups is 1. The maximum atomic E-state index is 13.3. The molecule has 0 aromatic heterocycles. The third-order valence-electron chi connectivity index (χ3n) is 4.33. The smallest absolute Gasteiger partial charge is 0.242 e. The van der Waals surface area contributed by atoms with Crippen LogP contribution in [0.2, 0.25) is 0 Å². The van der Waals surface area contributed by atoms with Crippen molar-refractivity contribution in [3.8, 4) is 0 Å². The summed E-state index contributed by atoms with van der Waals surface area (Å²) in [6.07, 6.45) is 1.36. The van der Waals surface area contributed by atoms with Gasteiger partial charge < -0.3 is 11.1 Å². The number of primary amides is 1. The van der Waals surface area contributed by atoms with Crippen molar-refractivity contribution in [1.82, 2.24) is 10.2 Å². The SMILES string of the molecule is NC(=O)C1(N2CCNCC2)CCc2cc(F)ccc21. The Bertz CT molecular complexity index is 513. The molecule has 3 N–H and O–H groups in total. The molecular weight excluding hydrogens is 245 g/mol. The molecule has 1 amide bonds. The predicted molar refractivity (Wildman–Crippen MR) is 70.0 cm³/mol. The van der Waals surface area contributed by atoms with Crippen LogP contribution in [0.3, 0.4) is 0 Å². The fourth-order valence-electron chi connectivity index (χ4n) is 3.41. The van der Waals surface area contributed by atoms with Crippen molar-refractivity contribution < 1.29 is 9.18 Å². The summed E-state index contributed by atoms with van der Waals surface area (Å²) < 4.78 is 13.3. The normalized spacial score (nSPS) is 27.2. The highest BCUT2D eigenvalue weighted by Crippen LogP contribution is 2.42. The lowest BCUT2D eigenvalue weighted by Gasteiger charge is -2.42. The fourth-order valence-corrected chi connectivity index (χ4v) is 3.41. The van der Waals surface area contributed by atoms with Crippen molar-refractivity contribution in [3.05, 3.63) is 35.1 Å². The number of hydrogen-bond acceptors (Lipinski definition) is 3. The zero-order valence-electron chi connectivity index (χ0n) is 10.8. The molecule has 0 radical (unpaired) electrons. The summed E-state index contributed by atoms with van der Waals surface area (Å²) in [6.45, 7) is 3.29. The van der Waals surface area contributed by atoms with E-state index in [1.165, 1.54) is 12.1 Å². The van der Waals surface area contributed by atoms with Gasteiger partial charge in [-0.25, -0.2) is 4.39 Å². The van der Waals surface area contributed by atoms with Crippen LogP contribution in [0.15, 0.2) is 18.2 Å². The van der Waals surface area contributed by atoms with E-state index in [1.54, 1.807) is 6.07 Å². The summed E-state index contributed by atoms with van der Waals surface area (Å²) in [7, 11) is 0. The standard InChI is InChI=1S/C14H18FN3O/c15-11-1-2-12-10(9-11)3-4-14(12,13(16)19)18-7-5-17-6-8-18/h1-2,9,17H,3-8H2,(H2,16,19). The van der Waals surface area contributed by atoms with Gasteiger partial charge in [-0.05, 0) is 36.1 Å². The summed E-state index contributed by atoms with van der Waals surface area (Å²) in [4.78, 5) is 14.3. The number of carbonyl (C=O) groups excluding carboxylic acids is 1. The first kappa shape index (κ1) is 12.6. The number of rotatable bonds is 2. The molecule has 1 aromatic carbocycles. The van der Waals surface area contributed by atoms with Crippen LogP contribution in [0.5, 0.6) is 0 Å². The molecule has 3 rings (SSSR count). The first-order valence-electron chi connectivity index (χ1n) is 6.69. The molecule has 1 aromatic rings. The summed E-state index contributed by atoms with van der Waals surface area (Å²) in [5.74, 6) is -0.570. The molecule has 102 valence electrons. The van der Waals surface area contributed by atoms with Gasteiger partial charge in [0.2, 0.25) is 5.91 Å². The second kappa shape index (κ2) is 4.58. The maximum absolute atomic E-state index is 13.3. The Morgan fingerprint density at radius 2 is 2.11 bits per heavy atom. The van der Waals surface area contributed by atoms with Gasteiger partial charge in [-0.15, -0.1) is 0 Å². The monoisotopic (exact) mass is 263 g/mol. The number of nitrogens with one attached hydrogen (secondary N) is 1. The highest BCUT2D eigenvalue weighted by Gasteiger charge is 2.48. The van der Waals surface area contributed by atoms with Crippen LogP contribution in [0.25, 0.3) is 0 Å². The van der Waals surface area contributed by atoms with E-state index in [2.05, 4.69) is 10.2 Å². The average Bonchev–Trinajstić information content (AvgIpc) is 2.79. The third kappa shape index (κ3) is 1.84. The molecule has 1 fully saturated rings. The van der Waals surface area contributed by atoms with Gasteiger partial charge in [0.05, 0.1) is 0 Å². The molecular formula is C14H18FN3O. The van der Waals surface area contributed by atoms with Crippen LogP contribution < -0.4 is 11.1 Å². The number of fused-ring (bicyclic) bond motifs is 1. The van der Waals surface area contributed by atoms with Crippen LogP contribution in [0.1, 0.15) is 17.5 Å². The van der Waals surface area contributed by atoms with Crippen LogP contribution in [0.4, 0.5) is 4.39 Å². The van der Waals surface area contributed by atoms with E-state index in [4.69, 9.17) is 5.73 Å². The molecule has 1 saturated heterocycles. The van der Waals surface area contributed by atoms with Crippen LogP contribution in [-0.2, 0) is 16.8 Å². The number of piperazine rings is 1. The lowest BCUT2D eigenvalue weighted by atomic mass is 9.88.